The van der Waals surface area contributed by atoms with Gasteiger partial charge in [-0.05, 0) is 103 Å². The lowest BCUT2D eigenvalue weighted by Crippen LogP contribution is -2.30. The summed E-state index contributed by atoms with van der Waals surface area (Å²) in [4.78, 5) is 38.3. The summed E-state index contributed by atoms with van der Waals surface area (Å²) in [5.41, 5.74) is 0. The molecule has 0 amide bonds. The van der Waals surface area contributed by atoms with E-state index in [1.807, 2.05) is 0 Å². The summed E-state index contributed by atoms with van der Waals surface area (Å²) in [7, 11) is 0. The van der Waals surface area contributed by atoms with Crippen LogP contribution in [0.15, 0.2) is 72.9 Å². The van der Waals surface area contributed by atoms with E-state index in [9.17, 15) is 14.4 Å². The van der Waals surface area contributed by atoms with Crippen molar-refractivity contribution in [1.29, 1.82) is 0 Å². The summed E-state index contributed by atoms with van der Waals surface area (Å²) >= 11 is 0. The molecule has 0 aromatic heterocycles. The predicted molar refractivity (Wildman–Crippen MR) is 321 cm³/mol. The maximum Gasteiger partial charge on any atom is 0.306 e. The monoisotopic (exact) mass is 1030 g/mol. The van der Waals surface area contributed by atoms with Crippen LogP contribution >= 0.6 is 0 Å². The molecule has 74 heavy (non-hydrogen) atoms. The van der Waals surface area contributed by atoms with Crippen LogP contribution in [-0.2, 0) is 28.6 Å². The third-order valence-electron chi connectivity index (χ3n) is 13.9. The quantitative estimate of drug-likeness (QED) is 0.0199. The molecule has 0 rings (SSSR count). The SMILES string of the molecule is CC/C=C\C/C=C\C/C=C\CCCCCCCCCCCC(=O)OCC(COC(=O)CCCCCCC/C=C\C=C/CCCCCCCCC)OC(=O)CCCCCCCCC/C=C\CCCCCCCCCC. The molecule has 1 atom stereocenters. The zero-order valence-electron chi connectivity index (χ0n) is 49.1. The van der Waals surface area contributed by atoms with Crippen LogP contribution in [-0.4, -0.2) is 37.2 Å². The molecular formula is C68H120O6. The van der Waals surface area contributed by atoms with Crippen molar-refractivity contribution < 1.29 is 28.6 Å². The van der Waals surface area contributed by atoms with Crippen molar-refractivity contribution in [3.05, 3.63) is 72.9 Å². The van der Waals surface area contributed by atoms with Crippen molar-refractivity contribution in [2.45, 2.75) is 329 Å². The highest BCUT2D eigenvalue weighted by molar-refractivity contribution is 5.71. The number of allylic oxidation sites excluding steroid dienone is 12. The highest BCUT2D eigenvalue weighted by Gasteiger charge is 2.19. The standard InChI is InChI=1S/C68H120O6/c1-4-7-10-13-16-19-22-25-28-31-34-37-40-43-46-49-52-55-58-61-67(70)73-64-65(63-72-66(69)60-57-54-51-48-45-42-39-36-33-30-27-24-21-18-15-12-9-6-3)74-68(71)62-59-56-53-50-47-44-41-38-35-32-29-26-23-20-17-14-11-8-5-2/h7,10,16,19,25,28,30,32-33,35-36,39,65H,4-6,8-9,11-15,17-18,20-24,26-27,29,31,34,37-38,40-64H2,1-3H3/b10-7-,19-16-,28-25-,33-30-,35-32-,39-36-. The molecule has 0 spiro atoms. The molecule has 0 aliphatic heterocycles. The van der Waals surface area contributed by atoms with E-state index >= 15 is 0 Å². The number of hydrogen-bond donors (Lipinski definition) is 0. The Kier molecular flexibility index (Phi) is 59.7. The van der Waals surface area contributed by atoms with Gasteiger partial charge in [-0.15, -0.1) is 0 Å². The summed E-state index contributed by atoms with van der Waals surface area (Å²) in [5.74, 6) is -0.894. The van der Waals surface area contributed by atoms with Gasteiger partial charge in [0.15, 0.2) is 6.10 Å². The molecule has 0 aliphatic carbocycles. The van der Waals surface area contributed by atoms with Gasteiger partial charge in [0.05, 0.1) is 0 Å². The second-order valence-corrected chi connectivity index (χ2v) is 21.3. The first-order valence-electron chi connectivity index (χ1n) is 32.0. The molecule has 1 unspecified atom stereocenters. The second kappa shape index (κ2) is 62.4. The number of rotatable bonds is 58. The predicted octanol–water partition coefficient (Wildman–Crippen LogP) is 21.7. The number of carbonyl (C=O) groups excluding carboxylic acids is 3. The largest absolute Gasteiger partial charge is 0.462 e. The van der Waals surface area contributed by atoms with Crippen molar-refractivity contribution in [1.82, 2.24) is 0 Å². The fraction of sp³-hybridized carbons (Fsp3) is 0.779. The number of hydrogen-bond acceptors (Lipinski definition) is 6. The molecule has 0 saturated heterocycles. The van der Waals surface area contributed by atoms with Crippen LogP contribution in [0.2, 0.25) is 0 Å². The Morgan fingerprint density at radius 2 is 0.568 bits per heavy atom. The first-order chi connectivity index (χ1) is 36.5. The van der Waals surface area contributed by atoms with E-state index in [1.165, 1.54) is 186 Å². The zero-order chi connectivity index (χ0) is 53.6. The Morgan fingerprint density at radius 3 is 0.919 bits per heavy atom. The molecule has 0 aliphatic rings. The minimum Gasteiger partial charge on any atom is -0.462 e. The van der Waals surface area contributed by atoms with Crippen molar-refractivity contribution in [2.75, 3.05) is 13.2 Å². The fourth-order valence-electron chi connectivity index (χ4n) is 9.15. The van der Waals surface area contributed by atoms with Crippen LogP contribution in [0.5, 0.6) is 0 Å². The number of unbranched alkanes of at least 4 members (excludes halogenated alkanes) is 36. The maximum absolute atomic E-state index is 12.9. The minimum atomic E-state index is -0.788. The smallest absolute Gasteiger partial charge is 0.306 e. The molecule has 0 N–H and O–H groups in total. The van der Waals surface area contributed by atoms with Crippen LogP contribution in [0.4, 0.5) is 0 Å². The molecule has 428 valence electrons. The van der Waals surface area contributed by atoms with E-state index < -0.39 is 6.10 Å². The summed E-state index contributed by atoms with van der Waals surface area (Å²) in [6.07, 6.45) is 80.4. The van der Waals surface area contributed by atoms with Crippen LogP contribution in [0.3, 0.4) is 0 Å². The molecule has 0 radical (unpaired) electrons. The second-order valence-electron chi connectivity index (χ2n) is 21.3. The van der Waals surface area contributed by atoms with Crippen LogP contribution in [0, 0.1) is 0 Å². The van der Waals surface area contributed by atoms with E-state index in [0.29, 0.717) is 19.3 Å². The lowest BCUT2D eigenvalue weighted by Gasteiger charge is -2.18. The first kappa shape index (κ1) is 70.8. The minimum absolute atomic E-state index is 0.0839. The molecule has 6 nitrogen and oxygen atoms in total. The molecule has 0 aromatic carbocycles. The van der Waals surface area contributed by atoms with Gasteiger partial charge in [-0.1, -0.05) is 273 Å². The normalized spacial score (nSPS) is 12.5. The van der Waals surface area contributed by atoms with Gasteiger partial charge in [-0.2, -0.15) is 0 Å². The van der Waals surface area contributed by atoms with Crippen LogP contribution < -0.4 is 0 Å². The van der Waals surface area contributed by atoms with Gasteiger partial charge in [0.25, 0.3) is 0 Å². The van der Waals surface area contributed by atoms with E-state index in [0.717, 1.165) is 96.3 Å². The van der Waals surface area contributed by atoms with Gasteiger partial charge in [0.1, 0.15) is 13.2 Å². The van der Waals surface area contributed by atoms with Crippen molar-refractivity contribution in [2.24, 2.45) is 0 Å². The van der Waals surface area contributed by atoms with E-state index in [1.54, 1.807) is 0 Å². The van der Waals surface area contributed by atoms with Crippen LogP contribution in [0.25, 0.3) is 0 Å². The Labute approximate surface area is 459 Å². The Morgan fingerprint density at radius 1 is 0.297 bits per heavy atom. The molecule has 0 saturated carbocycles. The highest BCUT2D eigenvalue weighted by Crippen LogP contribution is 2.16. The molecule has 0 aromatic rings. The van der Waals surface area contributed by atoms with Crippen molar-refractivity contribution in [3.63, 3.8) is 0 Å². The topological polar surface area (TPSA) is 78.9 Å². The maximum atomic E-state index is 12.9. The van der Waals surface area contributed by atoms with Gasteiger partial charge in [-0.3, -0.25) is 14.4 Å². The van der Waals surface area contributed by atoms with E-state index in [2.05, 4.69) is 93.7 Å². The van der Waals surface area contributed by atoms with Gasteiger partial charge in [-0.25, -0.2) is 0 Å². The first-order valence-corrected chi connectivity index (χ1v) is 32.0. The van der Waals surface area contributed by atoms with Gasteiger partial charge in [0.2, 0.25) is 0 Å². The zero-order valence-corrected chi connectivity index (χ0v) is 49.1. The fourth-order valence-corrected chi connectivity index (χ4v) is 9.15. The third kappa shape index (κ3) is 59.7. The number of esters is 3. The number of ether oxygens (including phenoxy) is 3. The molecule has 0 heterocycles. The number of carbonyl (C=O) groups is 3. The van der Waals surface area contributed by atoms with Crippen molar-refractivity contribution in [3.8, 4) is 0 Å². The lowest BCUT2D eigenvalue weighted by molar-refractivity contribution is -0.167. The van der Waals surface area contributed by atoms with Gasteiger partial charge < -0.3 is 14.2 Å². The molecule has 6 heteroatoms. The van der Waals surface area contributed by atoms with Gasteiger partial charge >= 0.3 is 17.9 Å². The summed E-state index contributed by atoms with van der Waals surface area (Å²) in [6, 6.07) is 0. The summed E-state index contributed by atoms with van der Waals surface area (Å²) < 4.78 is 16.9. The van der Waals surface area contributed by atoms with E-state index in [4.69, 9.17) is 14.2 Å². The third-order valence-corrected chi connectivity index (χ3v) is 13.9. The molecule has 0 fully saturated rings. The summed E-state index contributed by atoms with van der Waals surface area (Å²) in [5, 5.41) is 0. The van der Waals surface area contributed by atoms with Gasteiger partial charge in [0, 0.05) is 19.3 Å². The molecule has 0 bridgehead atoms. The lowest BCUT2D eigenvalue weighted by atomic mass is 10.1. The summed E-state index contributed by atoms with van der Waals surface area (Å²) in [6.45, 7) is 6.54. The highest BCUT2D eigenvalue weighted by atomic mass is 16.6. The van der Waals surface area contributed by atoms with Crippen molar-refractivity contribution >= 4 is 17.9 Å². The Hall–Kier alpha value is -3.15. The Balaban J connectivity index is 4.40. The molecular weight excluding hydrogens is 913 g/mol. The average molecular weight is 1030 g/mol. The Bertz CT molecular complexity index is 1370. The van der Waals surface area contributed by atoms with Crippen LogP contribution in [0.1, 0.15) is 323 Å². The van der Waals surface area contributed by atoms with E-state index in [-0.39, 0.29) is 31.1 Å². The average Bonchev–Trinajstić information content (AvgIpc) is 3.40.